The first-order valence-corrected chi connectivity index (χ1v) is 9.11. The minimum atomic E-state index is -0.668. The van der Waals surface area contributed by atoms with Crippen LogP contribution in [0.3, 0.4) is 0 Å². The third kappa shape index (κ3) is 4.80. The van der Waals surface area contributed by atoms with E-state index < -0.39 is 11.8 Å². The maximum atomic E-state index is 12.2. The van der Waals surface area contributed by atoms with Crippen molar-refractivity contribution in [2.75, 3.05) is 27.4 Å². The summed E-state index contributed by atoms with van der Waals surface area (Å²) in [6.45, 7) is 2.80. The molecule has 0 saturated carbocycles. The summed E-state index contributed by atoms with van der Waals surface area (Å²) in [5, 5.41) is 5.35. The van der Waals surface area contributed by atoms with Crippen molar-refractivity contribution in [1.29, 1.82) is 0 Å². The van der Waals surface area contributed by atoms with E-state index in [1.807, 2.05) is 56.3 Å². The van der Waals surface area contributed by atoms with E-state index in [1.165, 1.54) is 5.56 Å². The Labute approximate surface area is 164 Å². The number of rotatable bonds is 6. The molecular formula is C21H25N3O4. The van der Waals surface area contributed by atoms with Crippen LogP contribution in [0.5, 0.6) is 11.5 Å². The molecule has 28 heavy (non-hydrogen) atoms. The number of aryl methyl sites for hydroxylation is 1. The van der Waals surface area contributed by atoms with Gasteiger partial charge in [0.1, 0.15) is 0 Å². The molecule has 0 saturated heterocycles. The molecule has 7 nitrogen and oxygen atoms in total. The summed E-state index contributed by atoms with van der Waals surface area (Å²) in [5.74, 6) is 0.000518. The van der Waals surface area contributed by atoms with Gasteiger partial charge in [0.15, 0.2) is 11.5 Å². The number of hydrogen-bond acceptors (Lipinski definition) is 5. The molecule has 3 rings (SSSR count). The predicted octanol–water partition coefficient (Wildman–Crippen LogP) is 1.76. The number of hydrogen-bond donors (Lipinski definition) is 2. The van der Waals surface area contributed by atoms with E-state index in [9.17, 15) is 9.59 Å². The van der Waals surface area contributed by atoms with Crippen molar-refractivity contribution in [2.24, 2.45) is 0 Å². The second-order valence-corrected chi connectivity index (χ2v) is 6.97. The van der Waals surface area contributed by atoms with Gasteiger partial charge >= 0.3 is 11.8 Å². The Bertz CT molecular complexity index is 849. The Hall–Kier alpha value is -3.06. The Morgan fingerprint density at radius 1 is 1.00 bits per heavy atom. The Morgan fingerprint density at radius 3 is 2.39 bits per heavy atom. The SMILES string of the molecule is Cc1ccc([C@@H](CNC(=O)C(=O)NCc2ccc3c(c2)OCO3)N(C)C)cc1. The number of carbonyl (C=O) groups excluding carboxylic acids is 2. The van der Waals surface area contributed by atoms with Gasteiger partial charge in [-0.05, 0) is 44.3 Å². The van der Waals surface area contributed by atoms with E-state index in [4.69, 9.17) is 9.47 Å². The van der Waals surface area contributed by atoms with E-state index in [0.29, 0.717) is 18.0 Å². The highest BCUT2D eigenvalue weighted by molar-refractivity contribution is 6.35. The Morgan fingerprint density at radius 2 is 1.68 bits per heavy atom. The average Bonchev–Trinajstić information content (AvgIpc) is 3.15. The molecule has 1 atom stereocenters. The summed E-state index contributed by atoms with van der Waals surface area (Å²) in [6, 6.07) is 13.5. The monoisotopic (exact) mass is 383 g/mol. The summed E-state index contributed by atoms with van der Waals surface area (Å²) in [5.41, 5.74) is 3.08. The third-order valence-corrected chi connectivity index (χ3v) is 4.64. The molecule has 148 valence electrons. The first-order chi connectivity index (χ1) is 13.4. The third-order valence-electron chi connectivity index (χ3n) is 4.64. The zero-order chi connectivity index (χ0) is 20.1. The summed E-state index contributed by atoms with van der Waals surface area (Å²) < 4.78 is 10.6. The smallest absolute Gasteiger partial charge is 0.309 e. The fraction of sp³-hybridized carbons (Fsp3) is 0.333. The van der Waals surface area contributed by atoms with Gasteiger partial charge in [0.25, 0.3) is 0 Å². The highest BCUT2D eigenvalue weighted by Crippen LogP contribution is 2.32. The van der Waals surface area contributed by atoms with Gasteiger partial charge in [-0.25, -0.2) is 0 Å². The van der Waals surface area contributed by atoms with Crippen LogP contribution in [-0.4, -0.2) is 44.1 Å². The molecule has 2 N–H and O–H groups in total. The molecule has 7 heteroatoms. The topological polar surface area (TPSA) is 79.9 Å². The van der Waals surface area contributed by atoms with Crippen molar-refractivity contribution in [1.82, 2.24) is 15.5 Å². The lowest BCUT2D eigenvalue weighted by molar-refractivity contribution is -0.139. The van der Waals surface area contributed by atoms with E-state index in [0.717, 1.165) is 11.1 Å². The lowest BCUT2D eigenvalue weighted by Gasteiger charge is -2.25. The standard InChI is InChI=1S/C21H25N3O4/c1-14-4-7-16(8-5-14)17(24(2)3)12-23-21(26)20(25)22-11-15-6-9-18-19(10-15)28-13-27-18/h4-10,17H,11-13H2,1-3H3,(H,22,25)(H,23,26)/t17-/m1/s1. The molecule has 2 amide bonds. The lowest BCUT2D eigenvalue weighted by Crippen LogP contribution is -2.42. The van der Waals surface area contributed by atoms with Crippen molar-refractivity contribution in [2.45, 2.75) is 19.5 Å². The number of nitrogens with one attached hydrogen (secondary N) is 2. The first kappa shape index (κ1) is 19.7. The average molecular weight is 383 g/mol. The summed E-state index contributed by atoms with van der Waals surface area (Å²) in [7, 11) is 3.88. The van der Waals surface area contributed by atoms with E-state index in [2.05, 4.69) is 10.6 Å². The number of fused-ring (bicyclic) bond motifs is 1. The number of benzene rings is 2. The van der Waals surface area contributed by atoms with Crippen LogP contribution in [0, 0.1) is 6.92 Å². The van der Waals surface area contributed by atoms with Gasteiger partial charge in [-0.3, -0.25) is 9.59 Å². The molecule has 0 unspecified atom stereocenters. The predicted molar refractivity (Wildman–Crippen MR) is 105 cm³/mol. The number of amides is 2. The normalized spacial score (nSPS) is 13.3. The molecule has 2 aromatic carbocycles. The Balaban J connectivity index is 1.51. The minimum absolute atomic E-state index is 0.0220. The number of likely N-dealkylation sites (N-methyl/N-ethyl adjacent to an activating group) is 1. The number of carbonyl (C=O) groups is 2. The van der Waals surface area contributed by atoms with E-state index >= 15 is 0 Å². The number of ether oxygens (including phenoxy) is 2. The van der Waals surface area contributed by atoms with Gasteiger partial charge in [0.05, 0.1) is 6.04 Å². The molecule has 1 heterocycles. The van der Waals surface area contributed by atoms with Gasteiger partial charge in [0, 0.05) is 13.1 Å². The van der Waals surface area contributed by atoms with Crippen LogP contribution in [0.15, 0.2) is 42.5 Å². The highest BCUT2D eigenvalue weighted by Gasteiger charge is 2.19. The second-order valence-electron chi connectivity index (χ2n) is 6.97. The van der Waals surface area contributed by atoms with Crippen LogP contribution in [0.1, 0.15) is 22.7 Å². The van der Waals surface area contributed by atoms with Crippen LogP contribution in [0.25, 0.3) is 0 Å². The van der Waals surface area contributed by atoms with E-state index in [1.54, 1.807) is 12.1 Å². The fourth-order valence-corrected chi connectivity index (χ4v) is 2.97. The fourth-order valence-electron chi connectivity index (χ4n) is 2.97. The second kappa shape index (κ2) is 8.75. The van der Waals surface area contributed by atoms with Crippen molar-refractivity contribution < 1.29 is 19.1 Å². The highest BCUT2D eigenvalue weighted by atomic mass is 16.7. The van der Waals surface area contributed by atoms with Gasteiger partial charge < -0.3 is 25.0 Å². The van der Waals surface area contributed by atoms with Crippen molar-refractivity contribution >= 4 is 11.8 Å². The number of nitrogens with zero attached hydrogens (tertiary/aromatic N) is 1. The van der Waals surface area contributed by atoms with Gasteiger partial charge in [0.2, 0.25) is 6.79 Å². The summed E-state index contributed by atoms with van der Waals surface area (Å²) in [4.78, 5) is 26.3. The first-order valence-electron chi connectivity index (χ1n) is 9.11. The quantitative estimate of drug-likeness (QED) is 0.743. The van der Waals surface area contributed by atoms with Crippen LogP contribution < -0.4 is 20.1 Å². The van der Waals surface area contributed by atoms with Crippen LogP contribution in [0.4, 0.5) is 0 Å². The molecule has 0 bridgehead atoms. The van der Waals surface area contributed by atoms with Crippen molar-refractivity contribution in [3.63, 3.8) is 0 Å². The van der Waals surface area contributed by atoms with Gasteiger partial charge in [-0.2, -0.15) is 0 Å². The van der Waals surface area contributed by atoms with E-state index in [-0.39, 0.29) is 19.4 Å². The molecule has 0 fully saturated rings. The lowest BCUT2D eigenvalue weighted by atomic mass is 10.0. The van der Waals surface area contributed by atoms with Crippen LogP contribution in [0.2, 0.25) is 0 Å². The zero-order valence-corrected chi connectivity index (χ0v) is 16.3. The molecule has 0 spiro atoms. The maximum Gasteiger partial charge on any atom is 0.309 e. The zero-order valence-electron chi connectivity index (χ0n) is 16.3. The maximum absolute atomic E-state index is 12.2. The molecule has 0 aliphatic carbocycles. The minimum Gasteiger partial charge on any atom is -0.454 e. The van der Waals surface area contributed by atoms with Gasteiger partial charge in [-0.15, -0.1) is 0 Å². The molecule has 0 aromatic heterocycles. The summed E-state index contributed by atoms with van der Waals surface area (Å²) in [6.07, 6.45) is 0. The van der Waals surface area contributed by atoms with Gasteiger partial charge in [-0.1, -0.05) is 35.9 Å². The van der Waals surface area contributed by atoms with Crippen LogP contribution >= 0.6 is 0 Å². The van der Waals surface area contributed by atoms with Crippen molar-refractivity contribution in [3.8, 4) is 11.5 Å². The largest absolute Gasteiger partial charge is 0.454 e. The molecule has 1 aliphatic rings. The van der Waals surface area contributed by atoms with Crippen LogP contribution in [-0.2, 0) is 16.1 Å². The Kier molecular flexibility index (Phi) is 6.16. The molecular weight excluding hydrogens is 358 g/mol. The summed E-state index contributed by atoms with van der Waals surface area (Å²) >= 11 is 0. The molecule has 1 aliphatic heterocycles. The molecule has 2 aromatic rings. The molecule has 0 radical (unpaired) electrons. The van der Waals surface area contributed by atoms with Crippen molar-refractivity contribution in [3.05, 3.63) is 59.2 Å².